The number of nitrogens with zero attached hydrogens (tertiary/aromatic N) is 1. The van der Waals surface area contributed by atoms with E-state index in [0.717, 1.165) is 68.5 Å². The van der Waals surface area contributed by atoms with Gasteiger partial charge in [-0.1, -0.05) is 43.9 Å². The quantitative estimate of drug-likeness (QED) is 0.303. The Hall–Kier alpha value is -2.91. The number of methoxy groups -OCH3 is 1. The van der Waals surface area contributed by atoms with E-state index in [2.05, 4.69) is 35.5 Å². The Kier molecular flexibility index (Phi) is 9.90. The number of carbonyl (C=O) groups excluding carboxylic acids is 1. The molecule has 0 aliphatic heterocycles. The Balaban J connectivity index is 1.43. The van der Waals surface area contributed by atoms with E-state index in [9.17, 15) is 18.0 Å². The van der Waals surface area contributed by atoms with E-state index in [1.807, 2.05) is 6.07 Å². The first-order chi connectivity index (χ1) is 19.1. The van der Waals surface area contributed by atoms with Gasteiger partial charge in [0.05, 0.1) is 18.4 Å². The van der Waals surface area contributed by atoms with Gasteiger partial charge in [0.25, 0.3) is 5.91 Å². The van der Waals surface area contributed by atoms with Crippen molar-refractivity contribution in [2.24, 2.45) is 0 Å². The average molecular weight is 574 g/mol. The molecule has 2 aromatic carbocycles. The average Bonchev–Trinajstić information content (AvgIpc) is 3.36. The lowest BCUT2D eigenvalue weighted by Crippen LogP contribution is -2.41. The minimum Gasteiger partial charge on any atom is -0.496 e. The van der Waals surface area contributed by atoms with Crippen molar-refractivity contribution in [2.45, 2.75) is 90.5 Å². The molecule has 3 aromatic rings. The first kappa shape index (κ1) is 30.1. The highest BCUT2D eigenvalue weighted by Crippen LogP contribution is 2.33. The second kappa shape index (κ2) is 13.2. The van der Waals surface area contributed by atoms with Gasteiger partial charge >= 0.3 is 6.18 Å². The summed E-state index contributed by atoms with van der Waals surface area (Å²) >= 11 is 1.22. The summed E-state index contributed by atoms with van der Waals surface area (Å²) in [7, 11) is 1.69. The molecule has 0 radical (unpaired) electrons. The second-order valence-corrected chi connectivity index (χ2v) is 11.7. The maximum Gasteiger partial charge on any atom is 0.416 e. The molecular weight excluding hydrogens is 535 g/mol. The summed E-state index contributed by atoms with van der Waals surface area (Å²) in [4.78, 5) is 18.4. The van der Waals surface area contributed by atoms with Crippen molar-refractivity contribution in [3.05, 3.63) is 69.2 Å². The Morgan fingerprint density at radius 3 is 2.30 bits per heavy atom. The summed E-state index contributed by atoms with van der Waals surface area (Å²) < 4.78 is 44.3. The number of halogens is 3. The van der Waals surface area contributed by atoms with Crippen LogP contribution in [0.1, 0.15) is 82.6 Å². The number of nitrogens with one attached hydrogen (secondary N) is 2. The number of aryl methyl sites for hydroxylation is 1. The van der Waals surface area contributed by atoms with E-state index >= 15 is 0 Å². The largest absolute Gasteiger partial charge is 0.496 e. The smallest absolute Gasteiger partial charge is 0.416 e. The first-order valence-electron chi connectivity index (χ1n) is 13.9. The highest BCUT2D eigenvalue weighted by molar-refractivity contribution is 7.17. The van der Waals surface area contributed by atoms with Crippen LogP contribution in [0.5, 0.6) is 5.75 Å². The standard InChI is InChI=1S/C31H38F3N3O2S/c1-19-20(2)27(39-4)16-13-23(19)18-35-25-9-7-5-6-8-10-26(17-25)37-29(38)28-21(3)36-30(40-28)22-11-14-24(15-12-22)31(32,33)34/h11-16,25-26,35H,5-10,17-18H2,1-4H3,(H,37,38)/t25?,26-/m0/s1. The third-order valence-electron chi connectivity index (χ3n) is 7.87. The van der Waals surface area contributed by atoms with Gasteiger partial charge in [0.1, 0.15) is 15.6 Å². The fourth-order valence-electron chi connectivity index (χ4n) is 5.33. The van der Waals surface area contributed by atoms with Gasteiger partial charge in [-0.3, -0.25) is 4.79 Å². The number of benzene rings is 2. The van der Waals surface area contributed by atoms with Crippen LogP contribution in [-0.4, -0.2) is 30.1 Å². The summed E-state index contributed by atoms with van der Waals surface area (Å²) in [6, 6.07) is 9.34. The predicted octanol–water partition coefficient (Wildman–Crippen LogP) is 7.76. The van der Waals surface area contributed by atoms with Crippen molar-refractivity contribution in [3.63, 3.8) is 0 Å². The molecule has 1 unspecified atom stereocenters. The molecule has 1 aliphatic rings. The van der Waals surface area contributed by atoms with Gasteiger partial charge in [0.2, 0.25) is 0 Å². The summed E-state index contributed by atoms with van der Waals surface area (Å²) in [6.45, 7) is 6.73. The van der Waals surface area contributed by atoms with Crippen LogP contribution in [0.2, 0.25) is 0 Å². The molecular formula is C31H38F3N3O2S. The molecule has 1 fully saturated rings. The minimum atomic E-state index is -4.39. The van der Waals surface area contributed by atoms with E-state index in [-0.39, 0.29) is 18.0 Å². The molecule has 1 heterocycles. The molecule has 0 saturated heterocycles. The topological polar surface area (TPSA) is 63.2 Å². The van der Waals surface area contributed by atoms with Gasteiger partial charge in [-0.2, -0.15) is 13.2 Å². The van der Waals surface area contributed by atoms with Crippen molar-refractivity contribution in [1.82, 2.24) is 15.6 Å². The van der Waals surface area contributed by atoms with E-state index in [1.54, 1.807) is 14.0 Å². The van der Waals surface area contributed by atoms with Gasteiger partial charge in [0.15, 0.2) is 0 Å². The molecule has 2 N–H and O–H groups in total. The molecule has 216 valence electrons. The van der Waals surface area contributed by atoms with Crippen LogP contribution < -0.4 is 15.4 Å². The van der Waals surface area contributed by atoms with Gasteiger partial charge < -0.3 is 15.4 Å². The van der Waals surface area contributed by atoms with Crippen molar-refractivity contribution >= 4 is 17.2 Å². The van der Waals surface area contributed by atoms with Crippen molar-refractivity contribution in [1.29, 1.82) is 0 Å². The molecule has 1 saturated carbocycles. The number of aromatic nitrogens is 1. The van der Waals surface area contributed by atoms with Crippen molar-refractivity contribution in [3.8, 4) is 16.3 Å². The van der Waals surface area contributed by atoms with E-state index in [0.29, 0.717) is 21.1 Å². The lowest BCUT2D eigenvalue weighted by molar-refractivity contribution is -0.137. The van der Waals surface area contributed by atoms with E-state index < -0.39 is 11.7 Å². The summed E-state index contributed by atoms with van der Waals surface area (Å²) in [5, 5.41) is 7.54. The first-order valence-corrected chi connectivity index (χ1v) is 14.7. The van der Waals surface area contributed by atoms with E-state index in [4.69, 9.17) is 4.74 Å². The van der Waals surface area contributed by atoms with Gasteiger partial charge in [-0.05, 0) is 74.9 Å². The molecule has 4 rings (SSSR count). The molecule has 40 heavy (non-hydrogen) atoms. The Morgan fingerprint density at radius 2 is 1.65 bits per heavy atom. The lowest BCUT2D eigenvalue weighted by Gasteiger charge is -2.25. The van der Waals surface area contributed by atoms with Crippen LogP contribution in [0.15, 0.2) is 36.4 Å². The fraction of sp³-hybridized carbons (Fsp3) is 0.484. The Labute approximate surface area is 238 Å². The molecule has 5 nitrogen and oxygen atoms in total. The van der Waals surface area contributed by atoms with Crippen molar-refractivity contribution < 1.29 is 22.7 Å². The lowest BCUT2D eigenvalue weighted by atomic mass is 9.98. The number of ether oxygens (including phenoxy) is 1. The minimum absolute atomic E-state index is 0.0258. The van der Waals surface area contributed by atoms with Gasteiger partial charge in [0, 0.05) is 24.2 Å². The number of amides is 1. The van der Waals surface area contributed by atoms with Gasteiger partial charge in [-0.15, -0.1) is 11.3 Å². The summed E-state index contributed by atoms with van der Waals surface area (Å²) in [5.41, 5.74) is 4.07. The van der Waals surface area contributed by atoms with Crippen LogP contribution in [0.25, 0.3) is 10.6 Å². The molecule has 0 spiro atoms. The molecule has 0 bridgehead atoms. The zero-order valence-corrected chi connectivity index (χ0v) is 24.4. The number of hydrogen-bond donors (Lipinski definition) is 2. The Bertz CT molecular complexity index is 1300. The predicted molar refractivity (Wildman–Crippen MR) is 154 cm³/mol. The zero-order valence-electron chi connectivity index (χ0n) is 23.6. The maximum absolute atomic E-state index is 13.4. The zero-order chi connectivity index (χ0) is 28.9. The molecule has 2 atom stereocenters. The second-order valence-electron chi connectivity index (χ2n) is 10.7. The Morgan fingerprint density at radius 1 is 0.975 bits per heavy atom. The molecule has 9 heteroatoms. The molecule has 1 amide bonds. The molecule has 1 aromatic heterocycles. The van der Waals surface area contributed by atoms with E-state index in [1.165, 1.54) is 41.0 Å². The number of hydrogen-bond acceptors (Lipinski definition) is 5. The van der Waals surface area contributed by atoms with Crippen LogP contribution >= 0.6 is 11.3 Å². The van der Waals surface area contributed by atoms with Crippen LogP contribution in [0.3, 0.4) is 0 Å². The van der Waals surface area contributed by atoms with Gasteiger partial charge in [-0.25, -0.2) is 4.98 Å². The number of rotatable bonds is 7. The fourth-order valence-corrected chi connectivity index (χ4v) is 6.31. The van der Waals surface area contributed by atoms with Crippen LogP contribution in [0.4, 0.5) is 13.2 Å². The summed E-state index contributed by atoms with van der Waals surface area (Å²) in [6.07, 6.45) is 2.96. The van der Waals surface area contributed by atoms with Crippen molar-refractivity contribution in [2.75, 3.05) is 7.11 Å². The third-order valence-corrected chi connectivity index (χ3v) is 9.08. The number of carbonyl (C=O) groups is 1. The highest BCUT2D eigenvalue weighted by atomic mass is 32.1. The van der Waals surface area contributed by atoms with Crippen LogP contribution in [0, 0.1) is 20.8 Å². The number of thiazole rings is 1. The third kappa shape index (κ3) is 7.43. The monoisotopic (exact) mass is 573 g/mol. The van der Waals surface area contributed by atoms with Crippen LogP contribution in [-0.2, 0) is 12.7 Å². The normalized spacial score (nSPS) is 18.5. The number of alkyl halides is 3. The maximum atomic E-state index is 13.4. The summed E-state index contributed by atoms with van der Waals surface area (Å²) in [5.74, 6) is 0.726. The molecule has 1 aliphatic carbocycles. The highest BCUT2D eigenvalue weighted by Gasteiger charge is 2.30. The SMILES string of the molecule is COc1ccc(CNC2CCCCCC[C@H](NC(=O)c3sc(-c4ccc(C(F)(F)F)cc4)nc3C)C2)c(C)c1C.